The second kappa shape index (κ2) is 4.43. The molecule has 6 N–H and O–H groups in total. The molecular weight excluding hydrogens is 200 g/mol. The Bertz CT molecular complexity index is 349. The third-order valence-corrected chi connectivity index (χ3v) is 1.60. The number of benzene rings is 1. The smallest absolute Gasteiger partial charge is 0.248 e. The minimum Gasteiger partial charge on any atom is -0.375 e. The molecule has 0 saturated carbocycles. The summed E-state index contributed by atoms with van der Waals surface area (Å²) in [4.78, 5) is 10.7. The monoisotopic (exact) mass is 210 g/mol. The topological polar surface area (TPSA) is 93.2 Å². The lowest BCUT2D eigenvalue weighted by atomic mass is 10.2. The molecule has 0 heterocycles. The molecule has 0 aromatic heterocycles. The summed E-state index contributed by atoms with van der Waals surface area (Å²) in [5.41, 5.74) is 16.8. The number of primary amides is 1. The average Bonchev–Trinajstić information content (AvgIpc) is 2.15. The zero-order valence-electron chi connectivity index (χ0n) is 7.28. The molecule has 0 aliphatic heterocycles. The van der Waals surface area contributed by atoms with Gasteiger partial charge in [0.2, 0.25) is 5.91 Å². The minimum absolute atomic E-state index is 0.143. The van der Waals surface area contributed by atoms with Gasteiger partial charge in [-0.1, -0.05) is 0 Å². The van der Waals surface area contributed by atoms with Crippen molar-refractivity contribution in [2.24, 2.45) is 11.5 Å². The lowest BCUT2D eigenvalue weighted by molar-refractivity contribution is 0.100. The third kappa shape index (κ3) is 2.91. The molecule has 0 saturated heterocycles. The van der Waals surface area contributed by atoms with Crippen LogP contribution in [0.15, 0.2) is 24.3 Å². The Morgan fingerprint density at radius 2 is 1.79 bits per heavy atom. The summed E-state index contributed by atoms with van der Waals surface area (Å²) in [5.74, 6) is -0.459. The van der Waals surface area contributed by atoms with Crippen LogP contribution in [0.1, 0.15) is 10.4 Å². The van der Waals surface area contributed by atoms with E-state index in [1.165, 1.54) is 0 Å². The van der Waals surface area contributed by atoms with Crippen molar-refractivity contribution in [2.75, 3.05) is 5.43 Å². The van der Waals surface area contributed by atoms with Gasteiger partial charge >= 0.3 is 0 Å². The summed E-state index contributed by atoms with van der Waals surface area (Å²) in [6, 6.07) is 6.58. The summed E-state index contributed by atoms with van der Waals surface area (Å²) >= 11 is 4.59. The molecule has 5 nitrogen and oxygen atoms in total. The first-order valence-corrected chi connectivity index (χ1v) is 4.22. The molecule has 1 aromatic rings. The van der Waals surface area contributed by atoms with Crippen molar-refractivity contribution in [1.82, 2.24) is 5.43 Å². The number of nitrogens with one attached hydrogen (secondary N) is 2. The molecule has 0 radical (unpaired) electrons. The van der Waals surface area contributed by atoms with Crippen molar-refractivity contribution in [2.45, 2.75) is 0 Å². The highest BCUT2D eigenvalue weighted by Gasteiger charge is 1.98. The van der Waals surface area contributed by atoms with Crippen LogP contribution in [0.5, 0.6) is 0 Å². The lowest BCUT2D eigenvalue weighted by Gasteiger charge is -2.07. The number of carbonyl (C=O) groups excluding carboxylic acids is 1. The second-order valence-electron chi connectivity index (χ2n) is 2.56. The molecule has 0 fully saturated rings. The SMILES string of the molecule is NC(=O)c1ccc(NNC(N)=S)cc1. The molecule has 1 aromatic carbocycles. The molecule has 0 atom stereocenters. The van der Waals surface area contributed by atoms with Gasteiger partial charge in [0.15, 0.2) is 5.11 Å². The van der Waals surface area contributed by atoms with Crippen molar-refractivity contribution in [3.05, 3.63) is 29.8 Å². The van der Waals surface area contributed by atoms with E-state index in [-0.39, 0.29) is 5.11 Å². The first-order valence-electron chi connectivity index (χ1n) is 3.81. The number of thiocarbonyl (C=S) groups is 1. The van der Waals surface area contributed by atoms with Crippen LogP contribution in [0.3, 0.4) is 0 Å². The van der Waals surface area contributed by atoms with Gasteiger partial charge in [-0.3, -0.25) is 15.6 Å². The highest BCUT2D eigenvalue weighted by Crippen LogP contribution is 2.07. The number of rotatable bonds is 3. The fraction of sp³-hybridized carbons (Fsp3) is 0. The van der Waals surface area contributed by atoms with E-state index in [2.05, 4.69) is 23.1 Å². The molecule has 14 heavy (non-hydrogen) atoms. The molecule has 0 aliphatic rings. The predicted molar refractivity (Wildman–Crippen MR) is 58.5 cm³/mol. The molecule has 0 bridgehead atoms. The molecule has 1 rings (SSSR count). The lowest BCUT2D eigenvalue weighted by Crippen LogP contribution is -2.33. The first-order chi connectivity index (χ1) is 6.59. The first kappa shape index (κ1) is 10.3. The van der Waals surface area contributed by atoms with Crippen LogP contribution in [-0.2, 0) is 0 Å². The van der Waals surface area contributed by atoms with Gasteiger partial charge in [-0.15, -0.1) is 0 Å². The van der Waals surface area contributed by atoms with Crippen LogP contribution >= 0.6 is 12.2 Å². The Labute approximate surface area is 86.4 Å². The van der Waals surface area contributed by atoms with Crippen LogP contribution in [0.25, 0.3) is 0 Å². The number of nitrogens with two attached hydrogens (primary N) is 2. The van der Waals surface area contributed by atoms with E-state index in [1.54, 1.807) is 24.3 Å². The van der Waals surface area contributed by atoms with Gasteiger partial charge in [0.1, 0.15) is 0 Å². The van der Waals surface area contributed by atoms with Gasteiger partial charge in [0.05, 0.1) is 5.69 Å². The fourth-order valence-corrected chi connectivity index (χ4v) is 0.903. The molecule has 0 spiro atoms. The van der Waals surface area contributed by atoms with Gasteiger partial charge in [0.25, 0.3) is 0 Å². The summed E-state index contributed by atoms with van der Waals surface area (Å²) < 4.78 is 0. The number of anilines is 1. The molecular formula is C8H10N4OS. The van der Waals surface area contributed by atoms with Crippen LogP contribution in [-0.4, -0.2) is 11.0 Å². The van der Waals surface area contributed by atoms with Crippen LogP contribution < -0.4 is 22.3 Å². The van der Waals surface area contributed by atoms with Gasteiger partial charge in [-0.2, -0.15) is 0 Å². The van der Waals surface area contributed by atoms with Crippen LogP contribution in [0.4, 0.5) is 5.69 Å². The average molecular weight is 210 g/mol. The number of carbonyl (C=O) groups is 1. The highest BCUT2D eigenvalue weighted by atomic mass is 32.1. The normalized spacial score (nSPS) is 9.14. The van der Waals surface area contributed by atoms with E-state index >= 15 is 0 Å². The van der Waals surface area contributed by atoms with Crippen LogP contribution in [0, 0.1) is 0 Å². The van der Waals surface area contributed by atoms with Crippen LogP contribution in [0.2, 0.25) is 0 Å². The number of hydrogen-bond donors (Lipinski definition) is 4. The number of hydrazine groups is 1. The van der Waals surface area contributed by atoms with E-state index < -0.39 is 5.91 Å². The molecule has 1 amide bonds. The maximum absolute atomic E-state index is 10.7. The zero-order chi connectivity index (χ0) is 10.6. The largest absolute Gasteiger partial charge is 0.375 e. The fourth-order valence-electron chi connectivity index (χ4n) is 0.852. The van der Waals surface area contributed by atoms with E-state index in [9.17, 15) is 4.79 Å². The van der Waals surface area contributed by atoms with E-state index in [1.807, 2.05) is 0 Å². The van der Waals surface area contributed by atoms with E-state index in [4.69, 9.17) is 11.5 Å². The van der Waals surface area contributed by atoms with Crippen molar-refractivity contribution in [3.8, 4) is 0 Å². The second-order valence-corrected chi connectivity index (χ2v) is 3.00. The van der Waals surface area contributed by atoms with Gasteiger partial charge < -0.3 is 11.5 Å². The maximum atomic E-state index is 10.7. The Hall–Kier alpha value is -1.82. The van der Waals surface area contributed by atoms with Gasteiger partial charge in [-0.25, -0.2) is 0 Å². The molecule has 6 heteroatoms. The highest BCUT2D eigenvalue weighted by molar-refractivity contribution is 7.80. The summed E-state index contributed by atoms with van der Waals surface area (Å²) in [5, 5.41) is 0.143. The van der Waals surface area contributed by atoms with Gasteiger partial charge in [0, 0.05) is 5.56 Å². The third-order valence-electron chi connectivity index (χ3n) is 1.50. The van der Waals surface area contributed by atoms with E-state index in [0.29, 0.717) is 5.56 Å². The zero-order valence-corrected chi connectivity index (χ0v) is 8.10. The van der Waals surface area contributed by atoms with Gasteiger partial charge in [-0.05, 0) is 36.5 Å². The van der Waals surface area contributed by atoms with Crippen molar-refractivity contribution in [1.29, 1.82) is 0 Å². The summed E-state index contributed by atoms with van der Waals surface area (Å²) in [6.45, 7) is 0. The number of amides is 1. The Morgan fingerprint density at radius 1 is 1.21 bits per heavy atom. The summed E-state index contributed by atoms with van der Waals surface area (Å²) in [7, 11) is 0. The molecule has 74 valence electrons. The quantitative estimate of drug-likeness (QED) is 0.414. The van der Waals surface area contributed by atoms with Crippen molar-refractivity contribution < 1.29 is 4.79 Å². The maximum Gasteiger partial charge on any atom is 0.248 e. The summed E-state index contributed by atoms with van der Waals surface area (Å²) in [6.07, 6.45) is 0. The minimum atomic E-state index is -0.459. The Morgan fingerprint density at radius 3 is 2.21 bits per heavy atom. The molecule has 0 aliphatic carbocycles. The van der Waals surface area contributed by atoms with Crippen molar-refractivity contribution in [3.63, 3.8) is 0 Å². The molecule has 0 unspecified atom stereocenters. The van der Waals surface area contributed by atoms with E-state index in [0.717, 1.165) is 5.69 Å². The number of hydrogen-bond acceptors (Lipinski definition) is 3. The standard InChI is InChI=1S/C8H10N4OS/c9-7(13)5-1-3-6(4-2-5)11-12-8(10)14/h1-4,11H,(H2,9,13)(H3,10,12,14). The Balaban J connectivity index is 2.64. The Kier molecular flexibility index (Phi) is 3.24. The predicted octanol–water partition coefficient (Wildman–Crippen LogP) is -0.0544. The van der Waals surface area contributed by atoms with Crippen molar-refractivity contribution >= 4 is 28.9 Å².